The van der Waals surface area contributed by atoms with Crippen LogP contribution in [-0.2, 0) is 33.4 Å². The van der Waals surface area contributed by atoms with E-state index in [-0.39, 0.29) is 43.0 Å². The zero-order valence-electron chi connectivity index (χ0n) is 23.0. The molecule has 8 aliphatic rings. The Morgan fingerprint density at radius 3 is 2.59 bits per heavy atom. The number of aliphatic hydroxyl groups excluding tert-OH is 1. The van der Waals surface area contributed by atoms with Gasteiger partial charge in [-0.2, -0.15) is 0 Å². The molecule has 3 aliphatic carbocycles. The van der Waals surface area contributed by atoms with E-state index >= 15 is 4.79 Å². The molecule has 9 nitrogen and oxygen atoms in total. The van der Waals surface area contributed by atoms with Gasteiger partial charge in [0.1, 0.15) is 17.7 Å². The van der Waals surface area contributed by atoms with Crippen LogP contribution < -0.4 is 0 Å². The summed E-state index contributed by atoms with van der Waals surface area (Å²) in [6.45, 7) is 7.86. The number of fused-ring (bicyclic) bond motifs is 4. The van der Waals surface area contributed by atoms with Crippen molar-refractivity contribution in [2.24, 2.45) is 45.8 Å². The van der Waals surface area contributed by atoms with Gasteiger partial charge in [-0.3, -0.25) is 19.2 Å². The minimum atomic E-state index is -1.59. The van der Waals surface area contributed by atoms with E-state index in [0.29, 0.717) is 38.0 Å². The summed E-state index contributed by atoms with van der Waals surface area (Å²) in [6, 6.07) is 0. The van der Waals surface area contributed by atoms with Gasteiger partial charge in [0.25, 0.3) is 0 Å². The molecule has 7 fully saturated rings. The van der Waals surface area contributed by atoms with Crippen LogP contribution in [0.15, 0.2) is 11.6 Å². The van der Waals surface area contributed by atoms with E-state index in [1.165, 1.54) is 0 Å². The molecule has 5 saturated heterocycles. The van der Waals surface area contributed by atoms with Gasteiger partial charge in [-0.1, -0.05) is 26.3 Å². The Kier molecular flexibility index (Phi) is 4.51. The Hall–Kier alpha value is -1.94. The summed E-state index contributed by atoms with van der Waals surface area (Å²) in [5.41, 5.74) is -4.82. The highest BCUT2D eigenvalue weighted by atomic mass is 16.6. The molecule has 4 spiro atoms. The molecule has 2 saturated carbocycles. The molecule has 4 bridgehead atoms. The third-order valence-electron chi connectivity index (χ3n) is 12.8. The molecule has 0 unspecified atom stereocenters. The third-order valence-corrected chi connectivity index (χ3v) is 12.8. The first kappa shape index (κ1) is 24.8. The maximum absolute atomic E-state index is 15.5. The highest BCUT2D eigenvalue weighted by Crippen LogP contribution is 2.79. The first-order valence-corrected chi connectivity index (χ1v) is 14.6. The first-order valence-electron chi connectivity index (χ1n) is 14.6. The van der Waals surface area contributed by atoms with Crippen LogP contribution in [0.4, 0.5) is 0 Å². The minimum Gasteiger partial charge on any atom is -0.465 e. The molecular formula is C30H37NO8. The maximum atomic E-state index is 15.5. The number of hydrogen-bond donors (Lipinski definition) is 1. The second kappa shape index (κ2) is 7.09. The number of piperidine rings is 1. The van der Waals surface area contributed by atoms with Crippen LogP contribution in [0.25, 0.3) is 0 Å². The molecule has 8 rings (SSSR count). The number of rotatable bonds is 0. The first-order chi connectivity index (χ1) is 18.4. The number of ether oxygens (including phenoxy) is 3. The van der Waals surface area contributed by atoms with Crippen molar-refractivity contribution in [3.05, 3.63) is 11.6 Å². The molecule has 0 aromatic rings. The SMILES string of the molecule is CC1=CC(=O)[C@@H]2[C@@H](C1)[C@]13CO[C@@]4(C1=O)N1[C@H](O)[C@H]5C[C@H](C)C[C@]1(CC[C@@]4(C)[C@]1(COC(=O)C1)[C@H]3C(=O)[C@@H]2C)O5. The van der Waals surface area contributed by atoms with E-state index in [1.54, 1.807) is 6.08 Å². The van der Waals surface area contributed by atoms with Crippen LogP contribution >= 0.6 is 0 Å². The van der Waals surface area contributed by atoms with Gasteiger partial charge in [0, 0.05) is 28.6 Å². The van der Waals surface area contributed by atoms with Crippen LogP contribution in [0.2, 0.25) is 0 Å². The molecule has 9 heteroatoms. The second-order valence-electron chi connectivity index (χ2n) is 14.4. The Morgan fingerprint density at radius 1 is 1.10 bits per heavy atom. The van der Waals surface area contributed by atoms with Crippen molar-refractivity contribution < 1.29 is 38.5 Å². The number of esters is 1. The Morgan fingerprint density at radius 2 is 1.87 bits per heavy atom. The zero-order chi connectivity index (χ0) is 27.5. The average molecular weight is 540 g/mol. The van der Waals surface area contributed by atoms with E-state index in [4.69, 9.17) is 14.2 Å². The topological polar surface area (TPSA) is 119 Å². The minimum absolute atomic E-state index is 0.0122. The Labute approximate surface area is 227 Å². The number of allylic oxidation sites excluding steroid dienone is 2. The van der Waals surface area contributed by atoms with Gasteiger partial charge < -0.3 is 19.3 Å². The number of cyclic esters (lactones) is 1. The predicted octanol–water partition coefficient (Wildman–Crippen LogP) is 2.15. The van der Waals surface area contributed by atoms with E-state index in [9.17, 15) is 19.5 Å². The second-order valence-corrected chi connectivity index (χ2v) is 14.4. The Balaban J connectivity index is 1.42. The van der Waals surface area contributed by atoms with Crippen LogP contribution in [0.3, 0.4) is 0 Å². The van der Waals surface area contributed by atoms with Gasteiger partial charge in [0.05, 0.1) is 31.2 Å². The average Bonchev–Trinajstić information content (AvgIpc) is 3.44. The van der Waals surface area contributed by atoms with E-state index < -0.39 is 63.7 Å². The van der Waals surface area contributed by atoms with Crippen molar-refractivity contribution in [3.63, 3.8) is 0 Å². The highest BCUT2D eigenvalue weighted by molar-refractivity contribution is 6.08. The molecule has 210 valence electrons. The molecule has 0 radical (unpaired) electrons. The number of hydrogen-bond acceptors (Lipinski definition) is 9. The quantitative estimate of drug-likeness (QED) is 0.462. The Bertz CT molecular complexity index is 1290. The van der Waals surface area contributed by atoms with Gasteiger partial charge >= 0.3 is 5.97 Å². The van der Waals surface area contributed by atoms with Crippen LogP contribution in [0.5, 0.6) is 0 Å². The molecule has 5 heterocycles. The smallest absolute Gasteiger partial charge is 0.306 e. The molecule has 0 aromatic carbocycles. The predicted molar refractivity (Wildman–Crippen MR) is 133 cm³/mol. The fraction of sp³-hybridized carbons (Fsp3) is 0.800. The third kappa shape index (κ3) is 2.36. The fourth-order valence-corrected chi connectivity index (χ4v) is 11.4. The van der Waals surface area contributed by atoms with E-state index in [0.717, 1.165) is 5.57 Å². The largest absolute Gasteiger partial charge is 0.465 e. The van der Waals surface area contributed by atoms with Gasteiger partial charge in [0.15, 0.2) is 17.3 Å². The summed E-state index contributed by atoms with van der Waals surface area (Å²) >= 11 is 0. The van der Waals surface area contributed by atoms with Gasteiger partial charge in [-0.05, 0) is 56.9 Å². The van der Waals surface area contributed by atoms with Crippen molar-refractivity contribution >= 4 is 23.3 Å². The highest BCUT2D eigenvalue weighted by Gasteiger charge is 2.90. The number of nitrogens with zero attached hydrogens (tertiary/aromatic N) is 1. The van der Waals surface area contributed by atoms with Crippen LogP contribution in [0, 0.1) is 45.8 Å². The van der Waals surface area contributed by atoms with Crippen molar-refractivity contribution in [1.82, 2.24) is 4.90 Å². The monoisotopic (exact) mass is 539 g/mol. The molecule has 39 heavy (non-hydrogen) atoms. The standard InChI is InChI=1S/C30H37NO8/c1-14-7-17-21(18(32)8-14)16(3)22(34)23-27(11-20(33)37-12-27)26(4)5-6-28-10-15(2)9-19(39-28)24(35)31(28)30(26)25(36)29(17,23)13-38-30/h8,15-17,19,21,23-24,35H,5-7,9-13H2,1-4H3/t15-,16+,17+,19+,21-,23+,24+,26-,27+,28-,29-,30+/m0/s1. The fourth-order valence-electron chi connectivity index (χ4n) is 11.4. The molecule has 0 amide bonds. The molecule has 5 aliphatic heterocycles. The van der Waals surface area contributed by atoms with Crippen molar-refractivity contribution in [1.29, 1.82) is 0 Å². The number of aliphatic hydroxyl groups is 1. The van der Waals surface area contributed by atoms with E-state index in [1.807, 2.05) is 25.7 Å². The molecule has 12 atom stereocenters. The lowest BCUT2D eigenvalue weighted by molar-refractivity contribution is -0.326. The number of carbonyl (C=O) groups is 4. The molecular weight excluding hydrogens is 502 g/mol. The summed E-state index contributed by atoms with van der Waals surface area (Å²) in [7, 11) is 0. The normalized spacial score (nSPS) is 57.6. The van der Waals surface area contributed by atoms with Gasteiger partial charge in [0.2, 0.25) is 0 Å². The number of Topliss-reactive ketones (excluding diaryl/α,β-unsaturated/α-hetero) is 2. The van der Waals surface area contributed by atoms with E-state index in [2.05, 4.69) is 6.92 Å². The summed E-state index contributed by atoms with van der Waals surface area (Å²) in [6.07, 6.45) is 3.06. The van der Waals surface area contributed by atoms with Crippen molar-refractivity contribution in [2.75, 3.05) is 13.2 Å². The lowest BCUT2D eigenvalue weighted by atomic mass is 9.34. The number of carbonyl (C=O) groups excluding carboxylic acids is 4. The van der Waals surface area contributed by atoms with Crippen molar-refractivity contribution in [2.45, 2.75) is 90.0 Å². The maximum Gasteiger partial charge on any atom is 0.306 e. The summed E-state index contributed by atoms with van der Waals surface area (Å²) in [5, 5.41) is 11.8. The summed E-state index contributed by atoms with van der Waals surface area (Å²) in [5.74, 6) is -2.93. The molecule has 0 aromatic heterocycles. The van der Waals surface area contributed by atoms with Crippen LogP contribution in [-0.4, -0.2) is 70.3 Å². The van der Waals surface area contributed by atoms with Gasteiger partial charge in [-0.25, -0.2) is 4.90 Å². The summed E-state index contributed by atoms with van der Waals surface area (Å²) in [4.78, 5) is 58.3. The molecule has 1 N–H and O–H groups in total. The number of ketones is 3. The zero-order valence-corrected chi connectivity index (χ0v) is 23.0. The summed E-state index contributed by atoms with van der Waals surface area (Å²) < 4.78 is 19.2. The lowest BCUT2D eigenvalue weighted by Gasteiger charge is -2.70. The van der Waals surface area contributed by atoms with Gasteiger partial charge in [-0.15, -0.1) is 0 Å². The lowest BCUT2D eigenvalue weighted by Crippen LogP contribution is -2.83. The van der Waals surface area contributed by atoms with Crippen molar-refractivity contribution in [3.8, 4) is 0 Å². The van der Waals surface area contributed by atoms with Crippen LogP contribution in [0.1, 0.15) is 66.2 Å².